The maximum atomic E-state index is 14.0. The van der Waals surface area contributed by atoms with E-state index in [4.69, 9.17) is 11.6 Å². The molecule has 2 aromatic heterocycles. The molecule has 308 valence electrons. The topological polar surface area (TPSA) is 152 Å². The maximum absolute atomic E-state index is 14.0. The van der Waals surface area contributed by atoms with Crippen molar-refractivity contribution in [2.75, 3.05) is 38.0 Å². The van der Waals surface area contributed by atoms with Crippen LogP contribution in [0.4, 0.5) is 27.9 Å². The van der Waals surface area contributed by atoms with Crippen LogP contribution in [0.3, 0.4) is 0 Å². The van der Waals surface area contributed by atoms with Crippen LogP contribution in [0, 0.1) is 11.8 Å². The smallest absolute Gasteiger partial charge is 0.351 e. The number of alkyl halides is 5. The number of imidazole rings is 1. The van der Waals surface area contributed by atoms with Crippen molar-refractivity contribution in [1.82, 2.24) is 33.6 Å². The highest BCUT2D eigenvalue weighted by molar-refractivity contribution is 7.89. The molecule has 5 heterocycles. The second-order valence-electron chi connectivity index (χ2n) is 14.5. The summed E-state index contributed by atoms with van der Waals surface area (Å²) in [5, 5.41) is 5.64. The number of likely N-dealkylation sites (tertiary alicyclic amines) is 1. The number of aryl methyl sites for hydroxylation is 1. The average molecular weight is 849 g/mol. The zero-order valence-electron chi connectivity index (χ0n) is 31.0. The van der Waals surface area contributed by atoms with Crippen LogP contribution in [-0.2, 0) is 32.8 Å². The Morgan fingerprint density at radius 3 is 2.31 bits per heavy atom. The van der Waals surface area contributed by atoms with Crippen LogP contribution in [0.1, 0.15) is 79.2 Å². The Hall–Kier alpha value is -4.90. The van der Waals surface area contributed by atoms with E-state index in [9.17, 15) is 44.8 Å². The fourth-order valence-corrected chi connectivity index (χ4v) is 9.69. The highest BCUT2D eigenvalue weighted by atomic mass is 35.5. The number of aromatic nitrogens is 4. The zero-order valence-corrected chi connectivity index (χ0v) is 32.6. The van der Waals surface area contributed by atoms with E-state index in [1.807, 2.05) is 6.07 Å². The van der Waals surface area contributed by atoms with E-state index >= 15 is 0 Å². The summed E-state index contributed by atoms with van der Waals surface area (Å²) in [6.45, 7) is 1.60. The molecule has 2 N–H and O–H groups in total. The lowest BCUT2D eigenvalue weighted by Gasteiger charge is -2.31. The number of hydrogen-bond donors (Lipinski definition) is 2. The van der Waals surface area contributed by atoms with Gasteiger partial charge in [0.2, 0.25) is 27.8 Å². The van der Waals surface area contributed by atoms with E-state index in [-0.39, 0.29) is 66.8 Å². The van der Waals surface area contributed by atoms with Crippen LogP contribution in [0.2, 0.25) is 5.02 Å². The molecule has 1 atom stereocenters. The quantitative estimate of drug-likeness (QED) is 0.138. The number of imide groups is 1. The van der Waals surface area contributed by atoms with E-state index in [0.717, 1.165) is 23.8 Å². The lowest BCUT2D eigenvalue weighted by Crippen LogP contribution is -2.44. The minimum atomic E-state index is -4.58. The number of halogens is 6. The molecule has 0 aliphatic carbocycles. The first-order chi connectivity index (χ1) is 27.5. The number of amides is 2. The van der Waals surface area contributed by atoms with Gasteiger partial charge in [-0.05, 0) is 74.9 Å². The normalized spacial score (nSPS) is 19.3. The van der Waals surface area contributed by atoms with Gasteiger partial charge >= 0.3 is 11.9 Å². The molecule has 13 nitrogen and oxygen atoms in total. The van der Waals surface area contributed by atoms with Gasteiger partial charge in [0.1, 0.15) is 6.04 Å². The highest BCUT2D eigenvalue weighted by Crippen LogP contribution is 2.38. The van der Waals surface area contributed by atoms with Crippen molar-refractivity contribution in [1.29, 1.82) is 0 Å². The molecule has 3 aliphatic rings. The number of benzene rings is 2. The molecule has 0 saturated carbocycles. The van der Waals surface area contributed by atoms with Gasteiger partial charge in [0.05, 0.1) is 33.1 Å². The molecule has 58 heavy (non-hydrogen) atoms. The third-order valence-electron chi connectivity index (χ3n) is 11.0. The molecule has 1 unspecified atom stereocenters. The molecule has 2 amide bonds. The van der Waals surface area contributed by atoms with Crippen molar-refractivity contribution < 1.29 is 40.0 Å². The molecule has 4 aromatic rings. The van der Waals surface area contributed by atoms with Crippen molar-refractivity contribution in [2.24, 2.45) is 7.05 Å². The van der Waals surface area contributed by atoms with E-state index in [1.165, 1.54) is 13.4 Å². The van der Waals surface area contributed by atoms with Crippen molar-refractivity contribution in [3.8, 4) is 11.8 Å². The Kier molecular flexibility index (Phi) is 11.7. The minimum absolute atomic E-state index is 0.0127. The highest BCUT2D eigenvalue weighted by Gasteiger charge is 2.35. The largest absolute Gasteiger partial charge is 0.419 e. The third-order valence-corrected chi connectivity index (χ3v) is 13.2. The predicted octanol–water partition coefficient (Wildman–Crippen LogP) is 5.21. The summed E-state index contributed by atoms with van der Waals surface area (Å²) in [6.07, 6.45) is -3.83. The van der Waals surface area contributed by atoms with E-state index in [2.05, 4.69) is 37.3 Å². The average Bonchev–Trinajstić information content (AvgIpc) is 3.44. The summed E-state index contributed by atoms with van der Waals surface area (Å²) in [5.74, 6) is 4.82. The second-order valence-corrected chi connectivity index (χ2v) is 16.8. The Bertz CT molecular complexity index is 2470. The summed E-state index contributed by atoms with van der Waals surface area (Å²) in [4.78, 5) is 46.9. The summed E-state index contributed by atoms with van der Waals surface area (Å²) >= 11 is 6.93. The number of nitrogens with zero attached hydrogens (tertiary/aromatic N) is 6. The number of fused-ring (bicyclic) bond motifs is 1. The Morgan fingerprint density at radius 1 is 0.983 bits per heavy atom. The van der Waals surface area contributed by atoms with Crippen LogP contribution in [0.15, 0.2) is 52.4 Å². The molecule has 3 fully saturated rings. The van der Waals surface area contributed by atoms with E-state index < -0.39 is 51.4 Å². The van der Waals surface area contributed by atoms with Gasteiger partial charge in [0.15, 0.2) is 0 Å². The first-order valence-electron chi connectivity index (χ1n) is 18.5. The predicted molar refractivity (Wildman–Crippen MR) is 203 cm³/mol. The standard InChI is InChI=1S/C38H38ClF5N8O5S/c1-49-33-29(52(37(49)55)30-8-9-31(53)48-35(30)54)7-6-27(32(33)39)22-10-15-50(16-11-22)14-2-3-23-19-26(4-5-28(23)34(40)41)58(56,57)51-17-12-25(13-18-51)47-36-45-20-24(21-46-36)38(42,43)44/h4-7,19-22,25,30,34H,8-18H2,1H3,(H,45,46,47)(H,48,53,54). The summed E-state index contributed by atoms with van der Waals surface area (Å²) in [6, 6.07) is 5.86. The summed E-state index contributed by atoms with van der Waals surface area (Å²) < 4.78 is 97.8. The third kappa shape index (κ3) is 8.33. The molecular weight excluding hydrogens is 811 g/mol. The molecule has 3 saturated heterocycles. The van der Waals surface area contributed by atoms with Gasteiger partial charge < -0.3 is 5.32 Å². The number of nitrogens with one attached hydrogen (secondary N) is 2. The zero-order chi connectivity index (χ0) is 41.5. The van der Waals surface area contributed by atoms with E-state index in [1.54, 1.807) is 13.1 Å². The second kappa shape index (κ2) is 16.4. The van der Waals surface area contributed by atoms with Crippen LogP contribution >= 0.6 is 11.6 Å². The molecule has 3 aliphatic heterocycles. The minimum Gasteiger partial charge on any atom is -0.351 e. The first kappa shape index (κ1) is 41.3. The molecule has 0 radical (unpaired) electrons. The lowest BCUT2D eigenvalue weighted by molar-refractivity contribution is -0.138. The Morgan fingerprint density at radius 2 is 1.67 bits per heavy atom. The van der Waals surface area contributed by atoms with Gasteiger partial charge in [-0.15, -0.1) is 0 Å². The number of carbonyl (C=O) groups is 2. The molecular formula is C38H38ClF5N8O5S. The van der Waals surface area contributed by atoms with Crippen molar-refractivity contribution in [3.63, 3.8) is 0 Å². The fraction of sp³-hybridized carbons (Fsp3) is 0.447. The van der Waals surface area contributed by atoms with Crippen molar-refractivity contribution in [3.05, 3.63) is 80.5 Å². The number of carbonyl (C=O) groups excluding carboxylic acids is 2. The van der Waals surface area contributed by atoms with Crippen molar-refractivity contribution in [2.45, 2.75) is 74.0 Å². The van der Waals surface area contributed by atoms with Gasteiger partial charge in [-0.25, -0.2) is 32.0 Å². The lowest BCUT2D eigenvalue weighted by atomic mass is 9.89. The van der Waals surface area contributed by atoms with Gasteiger partial charge in [0.25, 0.3) is 6.43 Å². The van der Waals surface area contributed by atoms with Gasteiger partial charge in [-0.2, -0.15) is 17.5 Å². The van der Waals surface area contributed by atoms with Gasteiger partial charge in [-0.1, -0.05) is 35.6 Å². The number of sulfonamides is 1. The van der Waals surface area contributed by atoms with Crippen LogP contribution in [-0.4, -0.2) is 87.3 Å². The molecule has 2 aromatic carbocycles. The molecule has 0 bridgehead atoms. The monoisotopic (exact) mass is 848 g/mol. The SMILES string of the molecule is Cn1c(=O)n(C2CCC(=O)NC2=O)c2ccc(C3CCN(CC#Cc4cc(S(=O)(=O)N5CCC(Nc6ncc(C(F)(F)F)cn6)CC5)ccc4C(F)F)CC3)c(Cl)c21. The fourth-order valence-electron chi connectivity index (χ4n) is 7.75. The molecule has 20 heteroatoms. The number of piperidine rings is 3. The van der Waals surface area contributed by atoms with Crippen LogP contribution < -0.4 is 16.3 Å². The molecule has 7 rings (SSSR count). The maximum Gasteiger partial charge on any atom is 0.419 e. The summed E-state index contributed by atoms with van der Waals surface area (Å²) in [5.41, 5.74) is -0.0557. The summed E-state index contributed by atoms with van der Waals surface area (Å²) in [7, 11) is -2.50. The van der Waals surface area contributed by atoms with Gasteiger partial charge in [-0.3, -0.25) is 28.9 Å². The Labute approximate surface area is 334 Å². The van der Waals surface area contributed by atoms with Gasteiger partial charge in [0, 0.05) is 56.1 Å². The number of rotatable bonds is 8. The van der Waals surface area contributed by atoms with Crippen LogP contribution in [0.25, 0.3) is 11.0 Å². The molecule has 0 spiro atoms. The van der Waals surface area contributed by atoms with Crippen LogP contribution in [0.5, 0.6) is 0 Å². The van der Waals surface area contributed by atoms with E-state index in [0.29, 0.717) is 67.2 Å². The number of anilines is 1. The Balaban J connectivity index is 0.981. The number of hydrogen-bond acceptors (Lipinski definition) is 9. The first-order valence-corrected chi connectivity index (χ1v) is 20.4. The van der Waals surface area contributed by atoms with Crippen molar-refractivity contribution >= 4 is 50.4 Å².